The predicted molar refractivity (Wildman–Crippen MR) is 96.8 cm³/mol. The first-order chi connectivity index (χ1) is 10.2. The molecule has 0 radical (unpaired) electrons. The Morgan fingerprint density at radius 1 is 1.18 bits per heavy atom. The van der Waals surface area contributed by atoms with Crippen molar-refractivity contribution in [2.45, 2.75) is 39.8 Å². The van der Waals surface area contributed by atoms with Crippen molar-refractivity contribution in [3.8, 4) is 11.3 Å². The van der Waals surface area contributed by atoms with E-state index in [2.05, 4.69) is 42.0 Å². The molecule has 1 heterocycles. The highest BCUT2D eigenvalue weighted by atomic mass is 35.5. The Kier molecular flexibility index (Phi) is 7.94. The van der Waals surface area contributed by atoms with Gasteiger partial charge in [0, 0.05) is 18.1 Å². The molecule has 0 spiro atoms. The lowest BCUT2D eigenvalue weighted by Crippen LogP contribution is -2.13. The average Bonchev–Trinajstić information content (AvgIpc) is 2.88. The maximum Gasteiger partial charge on any atom is 0.0768 e. The molecule has 1 aromatic heterocycles. The molecule has 22 heavy (non-hydrogen) atoms. The van der Waals surface area contributed by atoms with Crippen molar-refractivity contribution in [2.75, 3.05) is 7.05 Å². The monoisotopic (exact) mass is 341 g/mol. The number of halogens is 2. The fourth-order valence-electron chi connectivity index (χ4n) is 2.52. The summed E-state index contributed by atoms with van der Waals surface area (Å²) in [5.74, 6) is 0.665. The number of nitrogens with one attached hydrogen (secondary N) is 1. The standard InChI is InChI=1S/C17H24ClN3.ClH/c1-4-13(5-2)12-21-17(10-16(20-21)11-19-3)14-6-8-15(18)9-7-14;/h6-10,13,19H,4-5,11-12H2,1-3H3;1H. The normalized spacial score (nSPS) is 10.8. The van der Waals surface area contributed by atoms with Crippen LogP contribution in [0.15, 0.2) is 30.3 Å². The van der Waals surface area contributed by atoms with Crippen molar-refractivity contribution in [1.29, 1.82) is 0 Å². The fourth-order valence-corrected chi connectivity index (χ4v) is 2.65. The largest absolute Gasteiger partial charge is 0.314 e. The fraction of sp³-hybridized carbons (Fsp3) is 0.471. The number of hydrogen-bond acceptors (Lipinski definition) is 2. The van der Waals surface area contributed by atoms with Gasteiger partial charge in [-0.25, -0.2) is 0 Å². The number of aromatic nitrogens is 2. The number of hydrogen-bond donors (Lipinski definition) is 1. The zero-order valence-corrected chi connectivity index (χ0v) is 15.0. The van der Waals surface area contributed by atoms with Crippen molar-refractivity contribution in [2.24, 2.45) is 5.92 Å². The molecule has 2 aromatic rings. The molecule has 2 rings (SSSR count). The van der Waals surface area contributed by atoms with Gasteiger partial charge in [-0.15, -0.1) is 12.4 Å². The second-order valence-electron chi connectivity index (χ2n) is 5.42. The Morgan fingerprint density at radius 2 is 1.82 bits per heavy atom. The van der Waals surface area contributed by atoms with Crippen molar-refractivity contribution < 1.29 is 0 Å². The lowest BCUT2D eigenvalue weighted by molar-refractivity contribution is 0.396. The van der Waals surface area contributed by atoms with Gasteiger partial charge in [-0.3, -0.25) is 4.68 Å². The van der Waals surface area contributed by atoms with Crippen LogP contribution in [0.2, 0.25) is 5.02 Å². The number of nitrogens with zero attached hydrogens (tertiary/aromatic N) is 2. The van der Waals surface area contributed by atoms with E-state index >= 15 is 0 Å². The summed E-state index contributed by atoms with van der Waals surface area (Å²) >= 11 is 5.99. The summed E-state index contributed by atoms with van der Waals surface area (Å²) in [6.07, 6.45) is 2.36. The first-order valence-electron chi connectivity index (χ1n) is 7.65. The van der Waals surface area contributed by atoms with Crippen molar-refractivity contribution >= 4 is 24.0 Å². The highest BCUT2D eigenvalue weighted by molar-refractivity contribution is 6.30. The molecule has 0 aliphatic heterocycles. The van der Waals surface area contributed by atoms with Gasteiger partial charge in [0.2, 0.25) is 0 Å². The van der Waals surface area contributed by atoms with Crippen LogP contribution in [0.4, 0.5) is 0 Å². The first-order valence-corrected chi connectivity index (χ1v) is 8.03. The number of rotatable bonds is 7. The van der Waals surface area contributed by atoms with E-state index in [1.54, 1.807) is 0 Å². The lowest BCUT2D eigenvalue weighted by atomic mass is 10.0. The summed E-state index contributed by atoms with van der Waals surface area (Å²) in [6.45, 7) is 6.24. The SMILES string of the molecule is CCC(CC)Cn1nc(CNC)cc1-c1ccc(Cl)cc1.Cl. The Bertz CT molecular complexity index is 560. The van der Waals surface area contributed by atoms with Gasteiger partial charge in [0.25, 0.3) is 0 Å². The molecule has 0 aliphatic carbocycles. The summed E-state index contributed by atoms with van der Waals surface area (Å²) in [6, 6.07) is 10.2. The highest BCUT2D eigenvalue weighted by Gasteiger charge is 2.13. The molecular weight excluding hydrogens is 317 g/mol. The van der Waals surface area contributed by atoms with Crippen LogP contribution >= 0.6 is 24.0 Å². The third-order valence-corrected chi connectivity index (χ3v) is 4.17. The van der Waals surface area contributed by atoms with E-state index in [1.165, 1.54) is 24.1 Å². The summed E-state index contributed by atoms with van der Waals surface area (Å²) in [5, 5.41) is 8.69. The molecule has 3 nitrogen and oxygen atoms in total. The lowest BCUT2D eigenvalue weighted by Gasteiger charge is -2.15. The van der Waals surface area contributed by atoms with Gasteiger partial charge in [0.15, 0.2) is 0 Å². The molecule has 1 N–H and O–H groups in total. The first kappa shape index (κ1) is 19.0. The Balaban J connectivity index is 0.00000242. The molecule has 0 saturated carbocycles. The van der Waals surface area contributed by atoms with Gasteiger partial charge in [0.1, 0.15) is 0 Å². The molecule has 1 aromatic carbocycles. The van der Waals surface area contributed by atoms with E-state index in [9.17, 15) is 0 Å². The second kappa shape index (κ2) is 9.19. The van der Waals surface area contributed by atoms with Crippen molar-refractivity contribution in [1.82, 2.24) is 15.1 Å². The quantitative estimate of drug-likeness (QED) is 0.785. The Hall–Kier alpha value is -1.03. The van der Waals surface area contributed by atoms with Crippen LogP contribution in [0.1, 0.15) is 32.4 Å². The van der Waals surface area contributed by atoms with E-state index in [1.807, 2.05) is 19.2 Å². The maximum atomic E-state index is 5.99. The molecule has 0 atom stereocenters. The van der Waals surface area contributed by atoms with E-state index in [-0.39, 0.29) is 12.4 Å². The minimum absolute atomic E-state index is 0. The van der Waals surface area contributed by atoms with Crippen LogP contribution in [0.25, 0.3) is 11.3 Å². The van der Waals surface area contributed by atoms with Crippen LogP contribution in [0, 0.1) is 5.92 Å². The minimum atomic E-state index is 0. The van der Waals surface area contributed by atoms with Gasteiger partial charge in [0.05, 0.1) is 11.4 Å². The van der Waals surface area contributed by atoms with Crippen LogP contribution in [0.5, 0.6) is 0 Å². The zero-order valence-electron chi connectivity index (χ0n) is 13.5. The van der Waals surface area contributed by atoms with E-state index < -0.39 is 0 Å². The molecular formula is C17H25Cl2N3. The minimum Gasteiger partial charge on any atom is -0.314 e. The van der Waals surface area contributed by atoms with Gasteiger partial charge in [-0.05, 0) is 36.7 Å². The zero-order chi connectivity index (χ0) is 15.2. The summed E-state index contributed by atoms with van der Waals surface area (Å²) in [7, 11) is 1.95. The van der Waals surface area contributed by atoms with E-state index in [0.717, 1.165) is 23.8 Å². The van der Waals surface area contributed by atoms with Gasteiger partial charge < -0.3 is 5.32 Å². The van der Waals surface area contributed by atoms with Crippen molar-refractivity contribution in [3.63, 3.8) is 0 Å². The summed E-state index contributed by atoms with van der Waals surface area (Å²) in [4.78, 5) is 0. The van der Waals surface area contributed by atoms with E-state index in [4.69, 9.17) is 16.7 Å². The molecule has 122 valence electrons. The Morgan fingerprint density at radius 3 is 2.36 bits per heavy atom. The topological polar surface area (TPSA) is 29.9 Å². The molecule has 0 aliphatic rings. The van der Waals surface area contributed by atoms with Gasteiger partial charge in [-0.1, -0.05) is 50.4 Å². The van der Waals surface area contributed by atoms with Crippen LogP contribution in [0.3, 0.4) is 0 Å². The van der Waals surface area contributed by atoms with Gasteiger partial charge >= 0.3 is 0 Å². The molecule has 0 unspecified atom stereocenters. The van der Waals surface area contributed by atoms with Crippen LogP contribution < -0.4 is 5.32 Å². The molecule has 0 amide bonds. The second-order valence-corrected chi connectivity index (χ2v) is 5.86. The van der Waals surface area contributed by atoms with Crippen LogP contribution in [-0.4, -0.2) is 16.8 Å². The highest BCUT2D eigenvalue weighted by Crippen LogP contribution is 2.24. The third kappa shape index (κ3) is 4.73. The molecule has 5 heteroatoms. The average molecular weight is 342 g/mol. The smallest absolute Gasteiger partial charge is 0.0768 e. The van der Waals surface area contributed by atoms with E-state index in [0.29, 0.717) is 5.92 Å². The maximum absolute atomic E-state index is 5.99. The van der Waals surface area contributed by atoms with Crippen molar-refractivity contribution in [3.05, 3.63) is 41.0 Å². The third-order valence-electron chi connectivity index (χ3n) is 3.91. The van der Waals surface area contributed by atoms with Crippen LogP contribution in [-0.2, 0) is 13.1 Å². The number of benzene rings is 1. The summed E-state index contributed by atoms with van der Waals surface area (Å²) in [5.41, 5.74) is 3.41. The van der Waals surface area contributed by atoms with Gasteiger partial charge in [-0.2, -0.15) is 5.10 Å². The molecule has 0 saturated heterocycles. The molecule has 0 fully saturated rings. The summed E-state index contributed by atoms with van der Waals surface area (Å²) < 4.78 is 2.15. The molecule has 0 bridgehead atoms. The Labute approximate surface area is 144 Å². The predicted octanol–water partition coefficient (Wildman–Crippen LogP) is 4.78.